The van der Waals surface area contributed by atoms with Gasteiger partial charge in [0.1, 0.15) is 0 Å². The molecule has 0 saturated heterocycles. The van der Waals surface area contributed by atoms with Crippen molar-refractivity contribution in [2.75, 3.05) is 19.0 Å². The smallest absolute Gasteiger partial charge is 0.224 e. The molecule has 1 atom stereocenters. The van der Waals surface area contributed by atoms with Crippen LogP contribution in [0.2, 0.25) is 0 Å². The Labute approximate surface area is 85.2 Å². The third-order valence-electron chi connectivity index (χ3n) is 2.10. The Hall–Kier alpha value is -1.16. The van der Waals surface area contributed by atoms with E-state index in [0.29, 0.717) is 0 Å². The molecule has 0 aliphatic heterocycles. The third kappa shape index (κ3) is 2.96. The van der Waals surface area contributed by atoms with Gasteiger partial charge in [0.05, 0.1) is 0 Å². The van der Waals surface area contributed by atoms with Crippen LogP contribution < -0.4 is 10.6 Å². The largest absolute Gasteiger partial charge is 0.347 e. The van der Waals surface area contributed by atoms with Gasteiger partial charge in [0.2, 0.25) is 5.95 Å². The van der Waals surface area contributed by atoms with E-state index in [4.69, 9.17) is 5.73 Å². The van der Waals surface area contributed by atoms with Crippen molar-refractivity contribution in [2.24, 2.45) is 5.73 Å². The van der Waals surface area contributed by atoms with E-state index >= 15 is 0 Å². The van der Waals surface area contributed by atoms with Gasteiger partial charge < -0.3 is 10.6 Å². The Morgan fingerprint density at radius 1 is 1.50 bits per heavy atom. The van der Waals surface area contributed by atoms with Gasteiger partial charge in [-0.1, -0.05) is 6.92 Å². The molecule has 0 radical (unpaired) electrons. The molecule has 1 aromatic rings. The third-order valence-corrected chi connectivity index (χ3v) is 2.10. The lowest BCUT2D eigenvalue weighted by Crippen LogP contribution is -2.22. The highest BCUT2D eigenvalue weighted by molar-refractivity contribution is 5.27. The van der Waals surface area contributed by atoms with Gasteiger partial charge in [-0.3, -0.25) is 0 Å². The average Bonchev–Trinajstić information content (AvgIpc) is 2.18. The first-order valence-electron chi connectivity index (χ1n) is 4.88. The Kier molecular flexibility index (Phi) is 3.83. The monoisotopic (exact) mass is 194 g/mol. The maximum atomic E-state index is 5.86. The molecule has 14 heavy (non-hydrogen) atoms. The van der Waals surface area contributed by atoms with E-state index in [1.54, 1.807) is 6.20 Å². The minimum atomic E-state index is 0.194. The van der Waals surface area contributed by atoms with Gasteiger partial charge in [0.15, 0.2) is 0 Å². The maximum Gasteiger partial charge on any atom is 0.224 e. The minimum Gasteiger partial charge on any atom is -0.347 e. The predicted octanol–water partition coefficient (Wildman–Crippen LogP) is 0.822. The zero-order chi connectivity index (χ0) is 10.6. The Bertz CT molecular complexity index is 285. The number of nitrogens with two attached hydrogens (primary N) is 1. The summed E-state index contributed by atoms with van der Waals surface area (Å²) < 4.78 is 0. The first-order chi connectivity index (χ1) is 6.63. The van der Waals surface area contributed by atoms with Crippen LogP contribution in [0.15, 0.2) is 12.3 Å². The molecule has 4 nitrogen and oxygen atoms in total. The molecule has 1 aromatic heterocycles. The van der Waals surface area contributed by atoms with Gasteiger partial charge in [-0.05, 0) is 12.5 Å². The van der Waals surface area contributed by atoms with E-state index in [1.165, 1.54) is 0 Å². The maximum absolute atomic E-state index is 5.86. The normalized spacial score (nSPS) is 12.6. The first-order valence-corrected chi connectivity index (χ1v) is 4.88. The fourth-order valence-corrected chi connectivity index (χ4v) is 1.13. The highest BCUT2D eigenvalue weighted by Gasteiger charge is 2.04. The summed E-state index contributed by atoms with van der Waals surface area (Å²) in [5, 5.41) is 0. The predicted molar refractivity (Wildman–Crippen MR) is 58.3 cm³/mol. The number of hydrogen-bond donors (Lipinski definition) is 1. The molecule has 4 heteroatoms. The quantitative estimate of drug-likeness (QED) is 0.771. The van der Waals surface area contributed by atoms with E-state index in [9.17, 15) is 0 Å². The molecule has 1 heterocycles. The molecule has 0 fully saturated rings. The number of hydrogen-bond acceptors (Lipinski definition) is 4. The molecule has 0 aliphatic carbocycles. The minimum absolute atomic E-state index is 0.194. The summed E-state index contributed by atoms with van der Waals surface area (Å²) in [5.74, 6) is 0.741. The van der Waals surface area contributed by atoms with E-state index < -0.39 is 0 Å². The van der Waals surface area contributed by atoms with Gasteiger partial charge in [0, 0.05) is 38.4 Å². The summed E-state index contributed by atoms with van der Waals surface area (Å²) in [6, 6.07) is 2.11. The van der Waals surface area contributed by atoms with Crippen LogP contribution in [0.5, 0.6) is 0 Å². The van der Waals surface area contributed by atoms with Gasteiger partial charge in [0.25, 0.3) is 0 Å². The van der Waals surface area contributed by atoms with Crippen LogP contribution in [-0.2, 0) is 6.42 Å². The van der Waals surface area contributed by atoms with Crippen LogP contribution >= 0.6 is 0 Å². The molecule has 78 valence electrons. The number of anilines is 1. The lowest BCUT2D eigenvalue weighted by atomic mass is 10.1. The van der Waals surface area contributed by atoms with Crippen molar-refractivity contribution < 1.29 is 0 Å². The molecule has 0 spiro atoms. The van der Waals surface area contributed by atoms with Crippen molar-refractivity contribution in [3.05, 3.63) is 18.0 Å². The summed E-state index contributed by atoms with van der Waals surface area (Å²) >= 11 is 0. The van der Waals surface area contributed by atoms with Crippen LogP contribution in [-0.4, -0.2) is 30.1 Å². The Morgan fingerprint density at radius 2 is 2.21 bits per heavy atom. The van der Waals surface area contributed by atoms with E-state index in [-0.39, 0.29) is 6.04 Å². The van der Waals surface area contributed by atoms with Crippen molar-refractivity contribution in [2.45, 2.75) is 25.8 Å². The van der Waals surface area contributed by atoms with Gasteiger partial charge >= 0.3 is 0 Å². The SMILES string of the molecule is CCC(N)Cc1ccnc(N(C)C)n1. The molecule has 0 amide bonds. The highest BCUT2D eigenvalue weighted by Crippen LogP contribution is 2.06. The molecular formula is C10H18N4. The zero-order valence-corrected chi connectivity index (χ0v) is 9.07. The van der Waals surface area contributed by atoms with Crippen molar-refractivity contribution >= 4 is 5.95 Å². The topological polar surface area (TPSA) is 55.0 Å². The van der Waals surface area contributed by atoms with Crippen molar-refractivity contribution in [3.8, 4) is 0 Å². The first kappa shape index (κ1) is 10.9. The molecule has 0 aliphatic rings. The summed E-state index contributed by atoms with van der Waals surface area (Å²) in [7, 11) is 3.86. The van der Waals surface area contributed by atoms with Crippen molar-refractivity contribution in [3.63, 3.8) is 0 Å². The van der Waals surface area contributed by atoms with E-state index in [2.05, 4.69) is 16.9 Å². The highest BCUT2D eigenvalue weighted by atomic mass is 15.2. The lowest BCUT2D eigenvalue weighted by Gasteiger charge is -2.12. The van der Waals surface area contributed by atoms with Crippen LogP contribution in [0, 0.1) is 0 Å². The summed E-state index contributed by atoms with van der Waals surface area (Å²) in [4.78, 5) is 10.4. The van der Waals surface area contributed by atoms with E-state index in [0.717, 1.165) is 24.5 Å². The van der Waals surface area contributed by atoms with Gasteiger partial charge in [-0.25, -0.2) is 9.97 Å². The van der Waals surface area contributed by atoms with Crippen molar-refractivity contribution in [1.82, 2.24) is 9.97 Å². The number of rotatable bonds is 4. The van der Waals surface area contributed by atoms with Crippen LogP contribution in [0.3, 0.4) is 0 Å². The zero-order valence-electron chi connectivity index (χ0n) is 9.07. The van der Waals surface area contributed by atoms with Gasteiger partial charge in [-0.15, -0.1) is 0 Å². The fraction of sp³-hybridized carbons (Fsp3) is 0.600. The number of nitrogens with zero attached hydrogens (tertiary/aromatic N) is 3. The number of aromatic nitrogens is 2. The molecule has 0 aromatic carbocycles. The standard InChI is InChI=1S/C10H18N4/c1-4-8(11)7-9-5-6-12-10(13-9)14(2)3/h5-6,8H,4,7,11H2,1-3H3. The second-order valence-corrected chi connectivity index (χ2v) is 3.61. The Balaban J connectivity index is 2.73. The van der Waals surface area contributed by atoms with Crippen LogP contribution in [0.25, 0.3) is 0 Å². The van der Waals surface area contributed by atoms with Crippen LogP contribution in [0.4, 0.5) is 5.95 Å². The lowest BCUT2D eigenvalue weighted by molar-refractivity contribution is 0.635. The van der Waals surface area contributed by atoms with Crippen molar-refractivity contribution in [1.29, 1.82) is 0 Å². The summed E-state index contributed by atoms with van der Waals surface area (Å²) in [5.41, 5.74) is 6.87. The molecule has 0 saturated carbocycles. The second-order valence-electron chi connectivity index (χ2n) is 3.61. The molecule has 1 unspecified atom stereocenters. The molecule has 1 rings (SSSR count). The molecular weight excluding hydrogens is 176 g/mol. The van der Waals surface area contributed by atoms with Gasteiger partial charge in [-0.2, -0.15) is 0 Å². The average molecular weight is 194 g/mol. The molecule has 2 N–H and O–H groups in total. The van der Waals surface area contributed by atoms with E-state index in [1.807, 2.05) is 25.1 Å². The molecule has 0 bridgehead atoms. The fourth-order valence-electron chi connectivity index (χ4n) is 1.13. The van der Waals surface area contributed by atoms with Crippen LogP contribution in [0.1, 0.15) is 19.0 Å². The Morgan fingerprint density at radius 3 is 2.79 bits per heavy atom. The summed E-state index contributed by atoms with van der Waals surface area (Å²) in [6.07, 6.45) is 3.57. The summed E-state index contributed by atoms with van der Waals surface area (Å²) in [6.45, 7) is 2.08. The second kappa shape index (κ2) is 4.91.